The molecule has 1 aromatic heterocycles. The van der Waals surface area contributed by atoms with Crippen LogP contribution in [0, 0.1) is 6.92 Å². The second kappa shape index (κ2) is 6.83. The molecular weight excluding hydrogens is 317 g/mol. The van der Waals surface area contributed by atoms with Crippen molar-refractivity contribution in [2.75, 3.05) is 0 Å². The Balaban J connectivity index is 1.89. The monoisotopic (exact) mass is 327 g/mol. The molecule has 20 heavy (non-hydrogen) atoms. The number of halogens is 2. The molecule has 0 saturated carbocycles. The van der Waals surface area contributed by atoms with Crippen molar-refractivity contribution in [2.45, 2.75) is 13.3 Å². The molecule has 1 N–H and O–H groups in total. The number of amides is 1. The van der Waals surface area contributed by atoms with E-state index in [4.69, 9.17) is 23.2 Å². The molecular formula is C13H11Cl2N3OS. The molecule has 104 valence electrons. The summed E-state index contributed by atoms with van der Waals surface area (Å²) in [6.07, 6.45) is 1.72. The van der Waals surface area contributed by atoms with Crippen LogP contribution in [-0.2, 0) is 11.2 Å². The molecule has 0 bridgehead atoms. The summed E-state index contributed by atoms with van der Waals surface area (Å²) in [7, 11) is 0. The number of nitrogens with zero attached hydrogens (tertiary/aromatic N) is 2. The third-order valence-corrected chi connectivity index (χ3v) is 3.92. The van der Waals surface area contributed by atoms with Gasteiger partial charge in [-0.1, -0.05) is 29.3 Å². The van der Waals surface area contributed by atoms with Crippen molar-refractivity contribution in [1.82, 2.24) is 10.4 Å². The number of aryl methyl sites for hydroxylation is 1. The minimum Gasteiger partial charge on any atom is -0.273 e. The minimum absolute atomic E-state index is 0.211. The first kappa shape index (κ1) is 15.0. The number of nitrogens with one attached hydrogen (secondary N) is 1. The lowest BCUT2D eigenvalue weighted by Gasteiger charge is -1.98. The predicted octanol–water partition coefficient (Wildman–Crippen LogP) is 3.45. The van der Waals surface area contributed by atoms with Crippen LogP contribution in [0.15, 0.2) is 28.7 Å². The van der Waals surface area contributed by atoms with Gasteiger partial charge in [-0.05, 0) is 24.6 Å². The fraction of sp³-hybridized carbons (Fsp3) is 0.154. The van der Waals surface area contributed by atoms with Crippen LogP contribution in [0.3, 0.4) is 0 Å². The number of carbonyl (C=O) groups excluding carboxylic acids is 1. The van der Waals surface area contributed by atoms with E-state index in [1.54, 1.807) is 18.2 Å². The number of rotatable bonds is 4. The lowest BCUT2D eigenvalue weighted by atomic mass is 10.2. The van der Waals surface area contributed by atoms with Gasteiger partial charge in [0.2, 0.25) is 5.91 Å². The highest BCUT2D eigenvalue weighted by molar-refractivity contribution is 7.09. The van der Waals surface area contributed by atoms with Crippen molar-refractivity contribution in [2.24, 2.45) is 5.10 Å². The van der Waals surface area contributed by atoms with Gasteiger partial charge < -0.3 is 0 Å². The first-order chi connectivity index (χ1) is 9.54. The molecule has 0 fully saturated rings. The number of hydrazone groups is 1. The van der Waals surface area contributed by atoms with Gasteiger partial charge in [-0.25, -0.2) is 10.4 Å². The van der Waals surface area contributed by atoms with E-state index in [-0.39, 0.29) is 12.3 Å². The van der Waals surface area contributed by atoms with Gasteiger partial charge in [0, 0.05) is 5.38 Å². The Labute approximate surface area is 130 Å². The molecule has 0 radical (unpaired) electrons. The Kier molecular flexibility index (Phi) is 5.11. The molecule has 4 nitrogen and oxygen atoms in total. The van der Waals surface area contributed by atoms with Gasteiger partial charge in [0.1, 0.15) is 0 Å². The molecule has 0 spiro atoms. The van der Waals surface area contributed by atoms with Gasteiger partial charge in [-0.2, -0.15) is 5.10 Å². The Morgan fingerprint density at radius 3 is 2.90 bits per heavy atom. The highest BCUT2D eigenvalue weighted by atomic mass is 35.5. The van der Waals surface area contributed by atoms with Crippen molar-refractivity contribution < 1.29 is 4.79 Å². The number of carbonyl (C=O) groups is 1. The van der Waals surface area contributed by atoms with Gasteiger partial charge >= 0.3 is 0 Å². The third kappa shape index (κ3) is 4.30. The van der Waals surface area contributed by atoms with E-state index in [2.05, 4.69) is 15.5 Å². The molecule has 0 atom stereocenters. The van der Waals surface area contributed by atoms with Crippen LogP contribution >= 0.6 is 34.5 Å². The number of aromatic nitrogens is 1. The van der Waals surface area contributed by atoms with Crippen LogP contribution in [0.5, 0.6) is 0 Å². The zero-order valence-electron chi connectivity index (χ0n) is 10.6. The van der Waals surface area contributed by atoms with Gasteiger partial charge in [-0.15, -0.1) is 11.3 Å². The van der Waals surface area contributed by atoms with Gasteiger partial charge in [0.15, 0.2) is 0 Å². The van der Waals surface area contributed by atoms with Crippen LogP contribution < -0.4 is 5.43 Å². The topological polar surface area (TPSA) is 54.4 Å². The molecule has 2 rings (SSSR count). The van der Waals surface area contributed by atoms with E-state index in [1.807, 2.05) is 12.3 Å². The maximum Gasteiger partial charge on any atom is 0.246 e. The molecule has 1 aromatic carbocycles. The zero-order chi connectivity index (χ0) is 14.5. The highest BCUT2D eigenvalue weighted by Gasteiger charge is 2.05. The van der Waals surface area contributed by atoms with Crippen molar-refractivity contribution in [1.29, 1.82) is 0 Å². The minimum atomic E-state index is -0.216. The normalized spacial score (nSPS) is 10.9. The number of thiazole rings is 1. The lowest BCUT2D eigenvalue weighted by molar-refractivity contribution is -0.120. The van der Waals surface area contributed by atoms with Crippen LogP contribution in [0.1, 0.15) is 16.3 Å². The smallest absolute Gasteiger partial charge is 0.246 e. The number of benzene rings is 1. The lowest BCUT2D eigenvalue weighted by Crippen LogP contribution is -2.19. The van der Waals surface area contributed by atoms with Gasteiger partial charge in [0.05, 0.1) is 33.4 Å². The summed E-state index contributed by atoms with van der Waals surface area (Å²) in [5.74, 6) is -0.216. The maximum absolute atomic E-state index is 11.6. The highest BCUT2D eigenvalue weighted by Crippen LogP contribution is 2.21. The summed E-state index contributed by atoms with van der Waals surface area (Å²) in [6.45, 7) is 1.90. The van der Waals surface area contributed by atoms with Crippen LogP contribution in [-0.4, -0.2) is 17.1 Å². The van der Waals surface area contributed by atoms with Crippen LogP contribution in [0.25, 0.3) is 0 Å². The Morgan fingerprint density at radius 1 is 1.45 bits per heavy atom. The molecule has 0 unspecified atom stereocenters. The van der Waals surface area contributed by atoms with Crippen molar-refractivity contribution >= 4 is 46.7 Å². The first-order valence-electron chi connectivity index (χ1n) is 5.72. The Bertz CT molecular complexity index is 655. The van der Waals surface area contributed by atoms with E-state index in [1.165, 1.54) is 17.6 Å². The molecule has 1 amide bonds. The first-order valence-corrected chi connectivity index (χ1v) is 7.36. The van der Waals surface area contributed by atoms with E-state index in [9.17, 15) is 4.79 Å². The van der Waals surface area contributed by atoms with E-state index in [0.29, 0.717) is 10.0 Å². The van der Waals surface area contributed by atoms with E-state index >= 15 is 0 Å². The predicted molar refractivity (Wildman–Crippen MR) is 82.8 cm³/mol. The number of hydrogen-bond acceptors (Lipinski definition) is 4. The van der Waals surface area contributed by atoms with Crippen molar-refractivity contribution in [3.8, 4) is 0 Å². The summed E-state index contributed by atoms with van der Waals surface area (Å²) in [5.41, 5.74) is 3.94. The number of hydrogen-bond donors (Lipinski definition) is 1. The second-order valence-corrected chi connectivity index (χ2v) is 5.88. The Hall–Kier alpha value is -1.43. The summed E-state index contributed by atoms with van der Waals surface area (Å²) >= 11 is 13.2. The summed E-state index contributed by atoms with van der Waals surface area (Å²) in [4.78, 5) is 15.8. The standard InChI is InChI=1S/C13H11Cl2N3OS/c1-8-17-10(7-20-8)5-13(19)18-16-6-9-2-3-11(14)12(15)4-9/h2-4,6-7H,5H2,1H3,(H,18,19)/b16-6-. The molecule has 2 aromatic rings. The largest absolute Gasteiger partial charge is 0.273 e. The SMILES string of the molecule is Cc1nc(CC(=O)N/N=C\c2ccc(Cl)c(Cl)c2)cs1. The summed E-state index contributed by atoms with van der Waals surface area (Å²) in [6, 6.07) is 5.10. The van der Waals surface area contributed by atoms with Crippen molar-refractivity contribution in [3.63, 3.8) is 0 Å². The van der Waals surface area contributed by atoms with Gasteiger partial charge in [0.25, 0.3) is 0 Å². The fourth-order valence-electron chi connectivity index (χ4n) is 1.46. The average Bonchev–Trinajstić information content (AvgIpc) is 2.79. The molecule has 0 saturated heterocycles. The quantitative estimate of drug-likeness (QED) is 0.690. The summed E-state index contributed by atoms with van der Waals surface area (Å²) < 4.78 is 0. The van der Waals surface area contributed by atoms with E-state index in [0.717, 1.165) is 16.3 Å². The zero-order valence-corrected chi connectivity index (χ0v) is 12.9. The maximum atomic E-state index is 11.6. The van der Waals surface area contributed by atoms with Crippen LogP contribution in [0.4, 0.5) is 0 Å². The Morgan fingerprint density at radius 2 is 2.25 bits per heavy atom. The molecule has 7 heteroatoms. The molecule has 0 aliphatic heterocycles. The molecule has 1 heterocycles. The molecule has 0 aliphatic rings. The molecule has 0 aliphatic carbocycles. The fourth-order valence-corrected chi connectivity index (χ4v) is 2.38. The van der Waals surface area contributed by atoms with E-state index < -0.39 is 0 Å². The average molecular weight is 328 g/mol. The van der Waals surface area contributed by atoms with Gasteiger partial charge in [-0.3, -0.25) is 4.79 Å². The van der Waals surface area contributed by atoms with Crippen LogP contribution in [0.2, 0.25) is 10.0 Å². The third-order valence-electron chi connectivity index (χ3n) is 2.35. The second-order valence-electron chi connectivity index (χ2n) is 4.00. The van der Waals surface area contributed by atoms with Crippen molar-refractivity contribution in [3.05, 3.63) is 49.9 Å². The summed E-state index contributed by atoms with van der Waals surface area (Å²) in [5, 5.41) is 7.58.